The summed E-state index contributed by atoms with van der Waals surface area (Å²) in [5.41, 5.74) is 1.40. The van der Waals surface area contributed by atoms with Crippen LogP contribution >= 0.6 is 27.3 Å². The van der Waals surface area contributed by atoms with Gasteiger partial charge in [-0.3, -0.25) is 4.79 Å². The molecule has 0 unspecified atom stereocenters. The van der Waals surface area contributed by atoms with Crippen molar-refractivity contribution in [3.63, 3.8) is 0 Å². The Labute approximate surface area is 112 Å². The molecular formula is C12H10BrNO2S. The Morgan fingerprint density at radius 1 is 1.53 bits per heavy atom. The lowest BCUT2D eigenvalue weighted by atomic mass is 10.2. The lowest BCUT2D eigenvalue weighted by molar-refractivity contribution is 0.103. The van der Waals surface area contributed by atoms with Crippen molar-refractivity contribution in [3.05, 3.63) is 44.3 Å². The van der Waals surface area contributed by atoms with Crippen LogP contribution in [0.25, 0.3) is 0 Å². The Morgan fingerprint density at radius 2 is 2.29 bits per heavy atom. The van der Waals surface area contributed by atoms with Gasteiger partial charge in [-0.15, -0.1) is 11.3 Å². The minimum Gasteiger partial charge on any atom is -0.494 e. The number of ketones is 1. The lowest BCUT2D eigenvalue weighted by Crippen LogP contribution is -2.04. The Morgan fingerprint density at radius 3 is 2.88 bits per heavy atom. The molecule has 0 N–H and O–H groups in total. The van der Waals surface area contributed by atoms with Crippen LogP contribution < -0.4 is 4.74 Å². The maximum Gasteiger partial charge on any atom is 0.225 e. The van der Waals surface area contributed by atoms with Gasteiger partial charge in [-0.2, -0.15) is 0 Å². The fourth-order valence-electron chi connectivity index (χ4n) is 1.41. The first-order chi connectivity index (χ1) is 8.13. The van der Waals surface area contributed by atoms with E-state index >= 15 is 0 Å². The van der Waals surface area contributed by atoms with E-state index in [0.29, 0.717) is 16.3 Å². The van der Waals surface area contributed by atoms with Gasteiger partial charge in [-0.05, 0) is 46.6 Å². The second kappa shape index (κ2) is 4.98. The summed E-state index contributed by atoms with van der Waals surface area (Å²) in [4.78, 5) is 17.0. The summed E-state index contributed by atoms with van der Waals surface area (Å²) in [7, 11) is 1.53. The number of nitrogens with zero attached hydrogens (tertiary/aromatic N) is 1. The highest BCUT2D eigenvalue weighted by molar-refractivity contribution is 9.11. The number of halogens is 1. The van der Waals surface area contributed by atoms with Gasteiger partial charge >= 0.3 is 0 Å². The molecule has 0 amide bonds. The van der Waals surface area contributed by atoms with Crippen LogP contribution in [0, 0.1) is 6.92 Å². The molecule has 2 aromatic heterocycles. The van der Waals surface area contributed by atoms with Crippen LogP contribution in [0.1, 0.15) is 20.9 Å². The SMILES string of the molecule is COc1cccnc1C(=O)c1cc(C)c(Br)s1. The van der Waals surface area contributed by atoms with Crippen molar-refractivity contribution < 1.29 is 9.53 Å². The fourth-order valence-corrected chi connectivity index (χ4v) is 2.89. The molecule has 88 valence electrons. The van der Waals surface area contributed by atoms with E-state index in [-0.39, 0.29) is 5.78 Å². The molecule has 0 saturated carbocycles. The number of hydrogen-bond donors (Lipinski definition) is 0. The Balaban J connectivity index is 2.43. The monoisotopic (exact) mass is 311 g/mol. The van der Waals surface area contributed by atoms with E-state index in [0.717, 1.165) is 9.35 Å². The van der Waals surface area contributed by atoms with Crippen LogP contribution in [0.3, 0.4) is 0 Å². The topological polar surface area (TPSA) is 39.2 Å². The maximum atomic E-state index is 12.2. The highest BCUT2D eigenvalue weighted by Gasteiger charge is 2.18. The molecule has 2 aromatic rings. The molecule has 0 spiro atoms. The number of methoxy groups -OCH3 is 1. The zero-order chi connectivity index (χ0) is 12.4. The number of pyridine rings is 1. The second-order valence-electron chi connectivity index (χ2n) is 3.45. The lowest BCUT2D eigenvalue weighted by Gasteiger charge is -2.04. The van der Waals surface area contributed by atoms with Gasteiger partial charge < -0.3 is 4.74 Å². The third-order valence-corrected chi connectivity index (χ3v) is 4.42. The van der Waals surface area contributed by atoms with Crippen LogP contribution in [0.5, 0.6) is 5.75 Å². The summed E-state index contributed by atoms with van der Waals surface area (Å²) in [6, 6.07) is 5.33. The second-order valence-corrected chi connectivity index (χ2v) is 5.82. The molecular weight excluding hydrogens is 302 g/mol. The molecule has 0 fully saturated rings. The van der Waals surface area contributed by atoms with Crippen molar-refractivity contribution in [2.75, 3.05) is 7.11 Å². The molecule has 2 rings (SSSR count). The minimum absolute atomic E-state index is 0.110. The van der Waals surface area contributed by atoms with Gasteiger partial charge in [0.25, 0.3) is 0 Å². The minimum atomic E-state index is -0.110. The first-order valence-electron chi connectivity index (χ1n) is 4.93. The van der Waals surface area contributed by atoms with Gasteiger partial charge in [0.1, 0.15) is 5.75 Å². The van der Waals surface area contributed by atoms with E-state index < -0.39 is 0 Å². The summed E-state index contributed by atoms with van der Waals surface area (Å²) >= 11 is 4.82. The van der Waals surface area contributed by atoms with E-state index in [2.05, 4.69) is 20.9 Å². The highest BCUT2D eigenvalue weighted by atomic mass is 79.9. The molecule has 0 aliphatic carbocycles. The van der Waals surface area contributed by atoms with E-state index in [1.807, 2.05) is 13.0 Å². The van der Waals surface area contributed by atoms with Gasteiger partial charge in [0.2, 0.25) is 5.78 Å². The number of ether oxygens (including phenoxy) is 1. The zero-order valence-corrected chi connectivity index (χ0v) is 11.8. The number of thiophene rings is 1. The zero-order valence-electron chi connectivity index (χ0n) is 9.36. The third kappa shape index (κ3) is 2.40. The number of hydrogen-bond acceptors (Lipinski definition) is 4. The van der Waals surface area contributed by atoms with E-state index in [1.54, 1.807) is 18.3 Å². The molecule has 0 aromatic carbocycles. The first-order valence-corrected chi connectivity index (χ1v) is 6.54. The average molecular weight is 312 g/mol. The maximum absolute atomic E-state index is 12.2. The van der Waals surface area contributed by atoms with Gasteiger partial charge in [0.15, 0.2) is 5.69 Å². The molecule has 5 heteroatoms. The summed E-state index contributed by atoms with van der Waals surface area (Å²) in [5.74, 6) is 0.390. The molecule has 0 radical (unpaired) electrons. The Hall–Kier alpha value is -1.20. The summed E-state index contributed by atoms with van der Waals surface area (Å²) in [6.45, 7) is 1.95. The Bertz CT molecular complexity index is 546. The molecule has 17 heavy (non-hydrogen) atoms. The molecule has 0 aliphatic rings. The number of aromatic nitrogens is 1. The van der Waals surface area contributed by atoms with Crippen molar-refractivity contribution >= 4 is 33.0 Å². The molecule has 0 saturated heterocycles. The smallest absolute Gasteiger partial charge is 0.225 e. The normalized spacial score (nSPS) is 10.3. The van der Waals surface area contributed by atoms with Crippen LogP contribution in [0.2, 0.25) is 0 Å². The number of carbonyl (C=O) groups excluding carboxylic acids is 1. The van der Waals surface area contributed by atoms with Crippen molar-refractivity contribution in [2.24, 2.45) is 0 Å². The van der Waals surface area contributed by atoms with Crippen molar-refractivity contribution in [3.8, 4) is 5.75 Å². The van der Waals surface area contributed by atoms with Gasteiger partial charge in [0, 0.05) is 6.20 Å². The van der Waals surface area contributed by atoms with E-state index in [1.165, 1.54) is 18.4 Å². The summed E-state index contributed by atoms with van der Waals surface area (Å²) in [5, 5.41) is 0. The van der Waals surface area contributed by atoms with Gasteiger partial charge in [-0.25, -0.2) is 4.98 Å². The molecule has 0 bridgehead atoms. The predicted octanol–water partition coefficient (Wildman–Crippen LogP) is 3.45. The van der Waals surface area contributed by atoms with Gasteiger partial charge in [-0.1, -0.05) is 0 Å². The molecule has 0 aliphatic heterocycles. The predicted molar refractivity (Wildman–Crippen MR) is 71.0 cm³/mol. The van der Waals surface area contributed by atoms with Crippen molar-refractivity contribution in [1.29, 1.82) is 0 Å². The third-order valence-electron chi connectivity index (χ3n) is 2.29. The van der Waals surface area contributed by atoms with E-state index in [9.17, 15) is 4.79 Å². The summed E-state index contributed by atoms with van der Waals surface area (Å²) in [6.07, 6.45) is 1.59. The van der Waals surface area contributed by atoms with Crippen molar-refractivity contribution in [2.45, 2.75) is 6.92 Å². The molecule has 3 nitrogen and oxygen atoms in total. The van der Waals surface area contributed by atoms with Crippen LogP contribution in [-0.2, 0) is 0 Å². The quantitative estimate of drug-likeness (QED) is 0.815. The highest BCUT2D eigenvalue weighted by Crippen LogP contribution is 2.30. The molecule has 2 heterocycles. The Kier molecular flexibility index (Phi) is 3.59. The van der Waals surface area contributed by atoms with E-state index in [4.69, 9.17) is 4.74 Å². The summed E-state index contributed by atoms with van der Waals surface area (Å²) < 4.78 is 6.10. The fraction of sp³-hybridized carbons (Fsp3) is 0.167. The van der Waals surface area contributed by atoms with Crippen molar-refractivity contribution in [1.82, 2.24) is 4.98 Å². The van der Waals surface area contributed by atoms with Crippen LogP contribution in [0.4, 0.5) is 0 Å². The average Bonchev–Trinajstić information content (AvgIpc) is 2.68. The largest absolute Gasteiger partial charge is 0.494 e. The number of rotatable bonds is 3. The van der Waals surface area contributed by atoms with Crippen LogP contribution in [-0.4, -0.2) is 17.9 Å². The molecule has 0 atom stereocenters. The standard InChI is InChI=1S/C12H10BrNO2S/c1-7-6-9(17-12(7)13)11(15)10-8(16-2)4-3-5-14-10/h3-6H,1-2H3. The van der Waals surface area contributed by atoms with Crippen LogP contribution in [0.15, 0.2) is 28.2 Å². The number of carbonyl (C=O) groups is 1. The number of aryl methyl sites for hydroxylation is 1. The van der Waals surface area contributed by atoms with Gasteiger partial charge in [0.05, 0.1) is 15.8 Å². The first kappa shape index (κ1) is 12.3.